The summed E-state index contributed by atoms with van der Waals surface area (Å²) in [7, 11) is 0. The van der Waals surface area contributed by atoms with Crippen molar-refractivity contribution in [2.45, 2.75) is 19.3 Å². The van der Waals surface area contributed by atoms with Crippen LogP contribution < -0.4 is 5.32 Å². The lowest BCUT2D eigenvalue weighted by Crippen LogP contribution is -2.21. The number of amides is 1. The van der Waals surface area contributed by atoms with Gasteiger partial charge in [-0.3, -0.25) is 9.59 Å². The summed E-state index contributed by atoms with van der Waals surface area (Å²) in [6.07, 6.45) is 0.836. The summed E-state index contributed by atoms with van der Waals surface area (Å²) in [5.74, 6) is -1.27. The maximum atomic E-state index is 12.8. The summed E-state index contributed by atoms with van der Waals surface area (Å²) in [4.78, 5) is 23.4. The zero-order valence-electron chi connectivity index (χ0n) is 13.5. The van der Waals surface area contributed by atoms with Gasteiger partial charge in [0.15, 0.2) is 6.61 Å². The van der Waals surface area contributed by atoms with E-state index >= 15 is 0 Å². The number of carbonyl (C=O) groups excluding carboxylic acids is 2. The third-order valence-corrected chi connectivity index (χ3v) is 3.42. The molecule has 5 nitrogen and oxygen atoms in total. The Morgan fingerprint density at radius 3 is 2.32 bits per heavy atom. The predicted molar refractivity (Wildman–Crippen MR) is 90.1 cm³/mol. The van der Waals surface area contributed by atoms with E-state index in [4.69, 9.17) is 10.00 Å². The molecule has 0 aliphatic rings. The Morgan fingerprint density at radius 1 is 1.04 bits per heavy atom. The van der Waals surface area contributed by atoms with E-state index < -0.39 is 11.9 Å². The van der Waals surface area contributed by atoms with Crippen LogP contribution in [0.15, 0.2) is 48.5 Å². The van der Waals surface area contributed by atoms with Crippen LogP contribution in [0.3, 0.4) is 0 Å². The molecule has 0 saturated heterocycles. The van der Waals surface area contributed by atoms with Gasteiger partial charge < -0.3 is 10.1 Å². The maximum Gasteiger partial charge on any atom is 0.306 e. The number of anilines is 1. The number of carbonyl (C=O) groups is 2. The average Bonchev–Trinajstić information content (AvgIpc) is 2.61. The molecule has 25 heavy (non-hydrogen) atoms. The van der Waals surface area contributed by atoms with E-state index in [1.165, 1.54) is 12.1 Å². The number of rotatable bonds is 7. The molecule has 2 rings (SSSR count). The first kappa shape index (κ1) is 18.1. The van der Waals surface area contributed by atoms with Crippen LogP contribution in [0.25, 0.3) is 0 Å². The van der Waals surface area contributed by atoms with E-state index in [0.717, 1.165) is 11.1 Å². The Morgan fingerprint density at radius 2 is 1.68 bits per heavy atom. The maximum absolute atomic E-state index is 12.8. The summed E-state index contributed by atoms with van der Waals surface area (Å²) in [6.45, 7) is -0.373. The van der Waals surface area contributed by atoms with Gasteiger partial charge in [0, 0.05) is 12.1 Å². The first-order valence-electron chi connectivity index (χ1n) is 7.72. The molecule has 6 heteroatoms. The van der Waals surface area contributed by atoms with E-state index in [1.54, 1.807) is 36.4 Å². The van der Waals surface area contributed by atoms with Crippen molar-refractivity contribution in [3.05, 3.63) is 65.5 Å². The Kier molecular flexibility index (Phi) is 6.66. The minimum atomic E-state index is -0.496. The minimum absolute atomic E-state index is 0.113. The molecule has 1 N–H and O–H groups in total. The number of hydrogen-bond donors (Lipinski definition) is 1. The van der Waals surface area contributed by atoms with Crippen LogP contribution >= 0.6 is 0 Å². The molecule has 0 saturated carbocycles. The number of nitrogens with zero attached hydrogens (tertiary/aromatic N) is 1. The Balaban J connectivity index is 1.71. The summed E-state index contributed by atoms with van der Waals surface area (Å²) >= 11 is 0. The van der Waals surface area contributed by atoms with Gasteiger partial charge in [0.1, 0.15) is 5.82 Å². The fraction of sp³-hybridized carbons (Fsp3) is 0.211. The molecule has 0 fully saturated rings. The Labute approximate surface area is 145 Å². The van der Waals surface area contributed by atoms with Gasteiger partial charge in [0.2, 0.25) is 0 Å². The molecule has 2 aromatic carbocycles. The van der Waals surface area contributed by atoms with Crippen molar-refractivity contribution in [3.63, 3.8) is 0 Å². The molecule has 2 aromatic rings. The molecule has 0 spiro atoms. The molecule has 0 radical (unpaired) electrons. The van der Waals surface area contributed by atoms with E-state index in [2.05, 4.69) is 5.32 Å². The van der Waals surface area contributed by atoms with Crippen molar-refractivity contribution >= 4 is 17.6 Å². The summed E-state index contributed by atoms with van der Waals surface area (Å²) < 4.78 is 17.7. The van der Waals surface area contributed by atoms with Crippen LogP contribution in [0.2, 0.25) is 0 Å². The lowest BCUT2D eigenvalue weighted by molar-refractivity contribution is -0.147. The minimum Gasteiger partial charge on any atom is -0.456 e. The number of nitriles is 1. The molecule has 1 amide bonds. The molecule has 0 bridgehead atoms. The topological polar surface area (TPSA) is 79.2 Å². The van der Waals surface area contributed by atoms with Crippen molar-refractivity contribution in [2.75, 3.05) is 11.9 Å². The van der Waals surface area contributed by atoms with Crippen molar-refractivity contribution in [1.29, 1.82) is 5.26 Å². The first-order chi connectivity index (χ1) is 12.1. The third kappa shape index (κ3) is 6.43. The van der Waals surface area contributed by atoms with Crippen molar-refractivity contribution in [3.8, 4) is 6.07 Å². The van der Waals surface area contributed by atoms with Crippen LogP contribution in [0.5, 0.6) is 0 Å². The Hall–Kier alpha value is -3.20. The van der Waals surface area contributed by atoms with E-state index in [1.807, 2.05) is 6.07 Å². The third-order valence-electron chi connectivity index (χ3n) is 3.42. The number of hydrogen-bond acceptors (Lipinski definition) is 4. The number of ether oxygens (including phenoxy) is 1. The van der Waals surface area contributed by atoms with Gasteiger partial charge in [-0.2, -0.15) is 5.26 Å². The smallest absolute Gasteiger partial charge is 0.306 e. The highest BCUT2D eigenvalue weighted by Crippen LogP contribution is 2.10. The largest absolute Gasteiger partial charge is 0.456 e. The molecule has 0 aromatic heterocycles. The summed E-state index contributed by atoms with van der Waals surface area (Å²) in [6, 6.07) is 14.8. The number of nitrogens with one attached hydrogen (secondary N) is 1. The number of esters is 1. The second-order valence-corrected chi connectivity index (χ2v) is 5.37. The van der Waals surface area contributed by atoms with E-state index in [9.17, 15) is 14.0 Å². The zero-order chi connectivity index (χ0) is 18.1. The average molecular weight is 340 g/mol. The van der Waals surface area contributed by atoms with Gasteiger partial charge in [-0.15, -0.1) is 0 Å². The highest BCUT2D eigenvalue weighted by Gasteiger charge is 2.08. The van der Waals surface area contributed by atoms with Crippen LogP contribution in [0.4, 0.5) is 10.1 Å². The molecular weight excluding hydrogens is 323 g/mol. The SMILES string of the molecule is N#CCc1ccc(NC(=O)COC(=O)CCc2ccc(F)cc2)cc1. The zero-order valence-corrected chi connectivity index (χ0v) is 13.5. The molecule has 0 unspecified atom stereocenters. The van der Waals surface area contributed by atoms with Crippen LogP contribution in [0.1, 0.15) is 17.5 Å². The highest BCUT2D eigenvalue weighted by molar-refractivity contribution is 5.92. The van der Waals surface area contributed by atoms with Gasteiger partial charge in [-0.25, -0.2) is 4.39 Å². The number of benzene rings is 2. The van der Waals surface area contributed by atoms with E-state index in [-0.39, 0.29) is 18.8 Å². The standard InChI is InChI=1S/C19H17FN2O3/c20-16-6-1-14(2-7-16)5-10-19(24)25-13-18(23)22-17-8-3-15(4-9-17)11-12-21/h1-4,6-9H,5,10-11,13H2,(H,22,23). The van der Waals surface area contributed by atoms with Crippen molar-refractivity contribution in [1.82, 2.24) is 0 Å². The van der Waals surface area contributed by atoms with E-state index in [0.29, 0.717) is 18.5 Å². The monoisotopic (exact) mass is 340 g/mol. The molecule has 0 aliphatic heterocycles. The first-order valence-corrected chi connectivity index (χ1v) is 7.72. The quantitative estimate of drug-likeness (QED) is 0.786. The lowest BCUT2D eigenvalue weighted by atomic mass is 10.1. The molecular formula is C19H17FN2O3. The molecule has 0 aliphatic carbocycles. The van der Waals surface area contributed by atoms with Gasteiger partial charge >= 0.3 is 5.97 Å². The Bertz CT molecular complexity index is 765. The predicted octanol–water partition coefficient (Wildman–Crippen LogP) is 3.01. The van der Waals surface area contributed by atoms with Gasteiger partial charge in [-0.05, 0) is 41.8 Å². The fourth-order valence-corrected chi connectivity index (χ4v) is 2.11. The molecule has 0 heterocycles. The second kappa shape index (κ2) is 9.18. The van der Waals surface area contributed by atoms with Crippen molar-refractivity contribution in [2.24, 2.45) is 0 Å². The van der Waals surface area contributed by atoms with Crippen LogP contribution in [-0.2, 0) is 27.2 Å². The normalized spacial score (nSPS) is 9.92. The highest BCUT2D eigenvalue weighted by atomic mass is 19.1. The van der Waals surface area contributed by atoms with Crippen LogP contribution in [-0.4, -0.2) is 18.5 Å². The van der Waals surface area contributed by atoms with Gasteiger partial charge in [0.05, 0.1) is 12.5 Å². The summed E-state index contributed by atoms with van der Waals surface area (Å²) in [5.41, 5.74) is 2.24. The fourth-order valence-electron chi connectivity index (χ4n) is 2.11. The molecule has 128 valence electrons. The van der Waals surface area contributed by atoms with Gasteiger partial charge in [0.25, 0.3) is 5.91 Å². The second-order valence-electron chi connectivity index (χ2n) is 5.37. The lowest BCUT2D eigenvalue weighted by Gasteiger charge is -2.07. The van der Waals surface area contributed by atoms with Gasteiger partial charge in [-0.1, -0.05) is 24.3 Å². The van der Waals surface area contributed by atoms with Crippen molar-refractivity contribution < 1.29 is 18.7 Å². The molecule has 0 atom stereocenters. The number of aryl methyl sites for hydroxylation is 1. The summed E-state index contributed by atoms with van der Waals surface area (Å²) in [5, 5.41) is 11.2. The number of halogens is 1. The van der Waals surface area contributed by atoms with Crippen LogP contribution in [0, 0.1) is 17.1 Å².